The fraction of sp³-hybridized carbons (Fsp3) is 1.00. The standard InChI is InChI=1S/C5H10O2/c1-4(6)5-2-7-3-5/h4-6H,2-3H2,1H3/t4-/m0/s1. The summed E-state index contributed by atoms with van der Waals surface area (Å²) in [7, 11) is 0. The summed E-state index contributed by atoms with van der Waals surface area (Å²) in [6, 6.07) is 0. The smallest absolute Gasteiger partial charge is 0.0584 e. The minimum absolute atomic E-state index is 0.172. The molecule has 1 heterocycles. The molecule has 0 aliphatic carbocycles. The minimum atomic E-state index is -0.172. The third-order valence-electron chi connectivity index (χ3n) is 1.35. The molecule has 0 unspecified atom stereocenters. The maximum absolute atomic E-state index is 8.79. The van der Waals surface area contributed by atoms with Crippen molar-refractivity contribution in [2.45, 2.75) is 13.0 Å². The zero-order valence-electron chi connectivity index (χ0n) is 4.42. The first-order chi connectivity index (χ1) is 3.30. The van der Waals surface area contributed by atoms with Crippen LogP contribution in [0.4, 0.5) is 0 Å². The molecule has 0 saturated carbocycles. The molecule has 2 heteroatoms. The SMILES string of the molecule is C[C@H](O)C1COC1. The van der Waals surface area contributed by atoms with Crippen LogP contribution in [-0.2, 0) is 4.74 Å². The van der Waals surface area contributed by atoms with Crippen LogP contribution in [0.5, 0.6) is 0 Å². The van der Waals surface area contributed by atoms with Crippen molar-refractivity contribution in [2.24, 2.45) is 5.92 Å². The van der Waals surface area contributed by atoms with E-state index in [4.69, 9.17) is 9.84 Å². The molecule has 0 radical (unpaired) electrons. The average molecular weight is 102 g/mol. The molecule has 0 bridgehead atoms. The number of hydrogen-bond acceptors (Lipinski definition) is 2. The largest absolute Gasteiger partial charge is 0.393 e. The van der Waals surface area contributed by atoms with Crippen LogP contribution in [0.2, 0.25) is 0 Å². The maximum atomic E-state index is 8.79. The fourth-order valence-corrected chi connectivity index (χ4v) is 0.532. The van der Waals surface area contributed by atoms with E-state index in [1.54, 1.807) is 6.92 Å². The van der Waals surface area contributed by atoms with Crippen molar-refractivity contribution < 1.29 is 9.84 Å². The van der Waals surface area contributed by atoms with E-state index < -0.39 is 0 Å². The second kappa shape index (κ2) is 1.80. The third-order valence-corrected chi connectivity index (χ3v) is 1.35. The van der Waals surface area contributed by atoms with E-state index >= 15 is 0 Å². The predicted octanol–water partition coefficient (Wildman–Crippen LogP) is 0.0136. The van der Waals surface area contributed by atoms with Crippen molar-refractivity contribution in [3.63, 3.8) is 0 Å². The third kappa shape index (κ3) is 0.924. The summed E-state index contributed by atoms with van der Waals surface area (Å²) in [5.41, 5.74) is 0. The first-order valence-electron chi connectivity index (χ1n) is 2.56. The van der Waals surface area contributed by atoms with Crippen LogP contribution in [0, 0.1) is 5.92 Å². The van der Waals surface area contributed by atoms with Gasteiger partial charge in [-0.05, 0) is 6.92 Å². The molecule has 7 heavy (non-hydrogen) atoms. The van der Waals surface area contributed by atoms with E-state index in [2.05, 4.69) is 0 Å². The van der Waals surface area contributed by atoms with Crippen molar-refractivity contribution in [2.75, 3.05) is 13.2 Å². The van der Waals surface area contributed by atoms with Crippen molar-refractivity contribution in [3.8, 4) is 0 Å². The van der Waals surface area contributed by atoms with Crippen molar-refractivity contribution in [1.29, 1.82) is 0 Å². The van der Waals surface area contributed by atoms with E-state index in [1.165, 1.54) is 0 Å². The minimum Gasteiger partial charge on any atom is -0.393 e. The number of ether oxygens (including phenoxy) is 1. The Hall–Kier alpha value is -0.0800. The molecule has 0 aromatic heterocycles. The van der Waals surface area contributed by atoms with Gasteiger partial charge in [0.2, 0.25) is 0 Å². The molecule has 42 valence electrons. The van der Waals surface area contributed by atoms with Gasteiger partial charge in [0, 0.05) is 5.92 Å². The number of rotatable bonds is 1. The second-order valence-corrected chi connectivity index (χ2v) is 2.04. The summed E-state index contributed by atoms with van der Waals surface area (Å²) in [5, 5.41) is 8.79. The summed E-state index contributed by atoms with van der Waals surface area (Å²) in [4.78, 5) is 0. The molecule has 2 nitrogen and oxygen atoms in total. The lowest BCUT2D eigenvalue weighted by Crippen LogP contribution is -2.35. The lowest BCUT2D eigenvalue weighted by molar-refractivity contribution is -0.0849. The molecule has 0 spiro atoms. The lowest BCUT2D eigenvalue weighted by atomic mass is 10.0. The van der Waals surface area contributed by atoms with E-state index in [0.717, 1.165) is 13.2 Å². The highest BCUT2D eigenvalue weighted by molar-refractivity contribution is 4.69. The van der Waals surface area contributed by atoms with Gasteiger partial charge >= 0.3 is 0 Å². The van der Waals surface area contributed by atoms with Crippen LogP contribution in [0.3, 0.4) is 0 Å². The van der Waals surface area contributed by atoms with Crippen LogP contribution in [0.1, 0.15) is 6.92 Å². The summed E-state index contributed by atoms with van der Waals surface area (Å²) >= 11 is 0. The maximum Gasteiger partial charge on any atom is 0.0584 e. The van der Waals surface area contributed by atoms with Crippen LogP contribution in [0.25, 0.3) is 0 Å². The van der Waals surface area contributed by atoms with Gasteiger partial charge in [0.05, 0.1) is 19.3 Å². The Labute approximate surface area is 43.1 Å². The summed E-state index contributed by atoms with van der Waals surface area (Å²) in [5.74, 6) is 0.417. The molecule has 0 aromatic carbocycles. The van der Waals surface area contributed by atoms with Crippen LogP contribution in [0.15, 0.2) is 0 Å². The highest BCUT2D eigenvalue weighted by Gasteiger charge is 2.22. The Morgan fingerprint density at radius 2 is 2.29 bits per heavy atom. The Bertz CT molecular complexity index is 57.1. The molecule has 0 aromatic rings. The lowest BCUT2D eigenvalue weighted by Gasteiger charge is -2.27. The summed E-state index contributed by atoms with van der Waals surface area (Å²) in [6.07, 6.45) is -0.172. The number of hydrogen-bond donors (Lipinski definition) is 1. The van der Waals surface area contributed by atoms with E-state index in [-0.39, 0.29) is 6.10 Å². The fourth-order valence-electron chi connectivity index (χ4n) is 0.532. The topological polar surface area (TPSA) is 29.5 Å². The quantitative estimate of drug-likeness (QED) is 0.505. The van der Waals surface area contributed by atoms with Crippen molar-refractivity contribution in [3.05, 3.63) is 0 Å². The van der Waals surface area contributed by atoms with Gasteiger partial charge in [-0.2, -0.15) is 0 Å². The highest BCUT2D eigenvalue weighted by atomic mass is 16.5. The second-order valence-electron chi connectivity index (χ2n) is 2.04. The molecule has 0 amide bonds. The van der Waals surface area contributed by atoms with Crippen LogP contribution >= 0.6 is 0 Å². The van der Waals surface area contributed by atoms with E-state index in [9.17, 15) is 0 Å². The average Bonchev–Trinajstić information content (AvgIpc) is 1.23. The molecular formula is C5H10O2. The monoisotopic (exact) mass is 102 g/mol. The summed E-state index contributed by atoms with van der Waals surface area (Å²) in [6.45, 7) is 3.29. The first-order valence-corrected chi connectivity index (χ1v) is 2.56. The first kappa shape index (κ1) is 5.06. The van der Waals surface area contributed by atoms with Gasteiger partial charge in [-0.1, -0.05) is 0 Å². The molecule has 1 rings (SSSR count). The zero-order chi connectivity index (χ0) is 5.28. The summed E-state index contributed by atoms with van der Waals surface area (Å²) < 4.78 is 4.84. The Morgan fingerprint density at radius 1 is 1.71 bits per heavy atom. The van der Waals surface area contributed by atoms with Gasteiger partial charge in [0.1, 0.15) is 0 Å². The van der Waals surface area contributed by atoms with Crippen LogP contribution < -0.4 is 0 Å². The number of aliphatic hydroxyl groups excluding tert-OH is 1. The van der Waals surface area contributed by atoms with Gasteiger partial charge in [0.25, 0.3) is 0 Å². The highest BCUT2D eigenvalue weighted by Crippen LogP contribution is 2.13. The van der Waals surface area contributed by atoms with Gasteiger partial charge < -0.3 is 9.84 Å². The molecule has 1 saturated heterocycles. The molecular weight excluding hydrogens is 92.1 g/mol. The van der Waals surface area contributed by atoms with E-state index in [0.29, 0.717) is 5.92 Å². The number of aliphatic hydroxyl groups is 1. The molecule has 1 fully saturated rings. The van der Waals surface area contributed by atoms with Crippen molar-refractivity contribution >= 4 is 0 Å². The predicted molar refractivity (Wildman–Crippen MR) is 26.0 cm³/mol. The Balaban J connectivity index is 2.14. The van der Waals surface area contributed by atoms with Gasteiger partial charge in [-0.15, -0.1) is 0 Å². The molecule has 1 N–H and O–H groups in total. The van der Waals surface area contributed by atoms with Crippen LogP contribution in [-0.4, -0.2) is 24.4 Å². The van der Waals surface area contributed by atoms with Crippen molar-refractivity contribution in [1.82, 2.24) is 0 Å². The Kier molecular flexibility index (Phi) is 1.30. The molecule has 1 aliphatic rings. The normalized spacial score (nSPS) is 26.6. The molecule has 1 atom stereocenters. The molecule has 1 aliphatic heterocycles. The van der Waals surface area contributed by atoms with Gasteiger partial charge in [-0.3, -0.25) is 0 Å². The van der Waals surface area contributed by atoms with Gasteiger partial charge in [-0.25, -0.2) is 0 Å². The Morgan fingerprint density at radius 3 is 2.29 bits per heavy atom. The van der Waals surface area contributed by atoms with Gasteiger partial charge in [0.15, 0.2) is 0 Å². The zero-order valence-corrected chi connectivity index (χ0v) is 4.42. The van der Waals surface area contributed by atoms with E-state index in [1.807, 2.05) is 0 Å².